The second kappa shape index (κ2) is 4.77. The lowest BCUT2D eigenvalue weighted by Crippen LogP contribution is -2.21. The number of hydrogen-bond donors (Lipinski definition) is 3. The van der Waals surface area contributed by atoms with Gasteiger partial charge in [-0.2, -0.15) is 8.42 Å². The fourth-order valence-electron chi connectivity index (χ4n) is 0.994. The molecule has 0 unspecified atom stereocenters. The van der Waals surface area contributed by atoms with Crippen molar-refractivity contribution in [2.24, 2.45) is 5.14 Å². The van der Waals surface area contributed by atoms with Crippen LogP contribution < -0.4 is 9.86 Å². The summed E-state index contributed by atoms with van der Waals surface area (Å²) in [5.41, 5.74) is 0.956. The van der Waals surface area contributed by atoms with Gasteiger partial charge in [-0.25, -0.2) is 9.93 Å². The maximum Gasteiger partial charge on any atom is 0.328 e. The topological polar surface area (TPSA) is 109 Å². The quantitative estimate of drug-likeness (QED) is 0.664. The summed E-state index contributed by atoms with van der Waals surface area (Å²) in [6, 6.07) is 6.08. The summed E-state index contributed by atoms with van der Waals surface area (Å²) in [5, 5.41) is 13.2. The van der Waals surface area contributed by atoms with Gasteiger partial charge in [-0.3, -0.25) is 4.72 Å². The van der Waals surface area contributed by atoms with Crippen LogP contribution in [0, 0.1) is 0 Å². The number of rotatable bonds is 4. The number of hydrogen-bond acceptors (Lipinski definition) is 3. The number of anilines is 1. The van der Waals surface area contributed by atoms with E-state index in [2.05, 4.69) is 4.72 Å². The molecular formula is C9H10N2O4S. The lowest BCUT2D eigenvalue weighted by Gasteiger charge is -2.02. The first-order valence-electron chi connectivity index (χ1n) is 4.18. The van der Waals surface area contributed by atoms with Crippen LogP contribution in [0.5, 0.6) is 0 Å². The number of carboxylic acids is 1. The van der Waals surface area contributed by atoms with Crippen LogP contribution in [0.15, 0.2) is 30.3 Å². The Hall–Kier alpha value is -1.86. The molecule has 1 aromatic carbocycles. The molecule has 0 heterocycles. The summed E-state index contributed by atoms with van der Waals surface area (Å²) < 4.78 is 23.4. The van der Waals surface area contributed by atoms with E-state index in [-0.39, 0.29) is 0 Å². The molecule has 1 aromatic rings. The van der Waals surface area contributed by atoms with Crippen molar-refractivity contribution in [1.29, 1.82) is 0 Å². The molecule has 0 aliphatic rings. The normalized spacial score (nSPS) is 11.6. The van der Waals surface area contributed by atoms with E-state index < -0.39 is 16.2 Å². The molecule has 0 saturated heterocycles. The second-order valence-electron chi connectivity index (χ2n) is 2.94. The van der Waals surface area contributed by atoms with Crippen molar-refractivity contribution in [1.82, 2.24) is 0 Å². The van der Waals surface area contributed by atoms with Crippen LogP contribution in [-0.2, 0) is 15.0 Å². The van der Waals surface area contributed by atoms with E-state index in [4.69, 9.17) is 10.2 Å². The van der Waals surface area contributed by atoms with Gasteiger partial charge in [-0.1, -0.05) is 12.1 Å². The van der Waals surface area contributed by atoms with Crippen molar-refractivity contribution in [3.8, 4) is 0 Å². The monoisotopic (exact) mass is 242 g/mol. The molecule has 0 aliphatic carbocycles. The average Bonchev–Trinajstić information content (AvgIpc) is 2.14. The average molecular weight is 242 g/mol. The summed E-state index contributed by atoms with van der Waals surface area (Å²) in [6.45, 7) is 0. The van der Waals surface area contributed by atoms with E-state index in [0.29, 0.717) is 11.3 Å². The number of carbonyl (C=O) groups is 1. The van der Waals surface area contributed by atoms with Gasteiger partial charge in [0.2, 0.25) is 0 Å². The number of aliphatic carboxylic acids is 1. The van der Waals surface area contributed by atoms with Crippen LogP contribution in [0.4, 0.5) is 5.69 Å². The molecule has 0 atom stereocenters. The number of nitrogens with one attached hydrogen (secondary N) is 1. The molecule has 4 N–H and O–H groups in total. The molecule has 0 bridgehead atoms. The summed E-state index contributed by atoms with van der Waals surface area (Å²) >= 11 is 0. The summed E-state index contributed by atoms with van der Waals surface area (Å²) in [5.74, 6) is -1.05. The third kappa shape index (κ3) is 4.58. The van der Waals surface area contributed by atoms with Gasteiger partial charge in [-0.05, 0) is 23.8 Å². The Bertz CT molecular complexity index is 505. The molecule has 0 fully saturated rings. The predicted octanol–water partition coefficient (Wildman–Crippen LogP) is 0.400. The SMILES string of the molecule is NS(=O)(=O)Nc1ccc(/C=C/C(=O)O)cc1. The third-order valence-corrected chi connectivity index (χ3v) is 2.11. The molecule has 7 heteroatoms. The van der Waals surface area contributed by atoms with Crippen molar-refractivity contribution in [3.63, 3.8) is 0 Å². The molecule has 16 heavy (non-hydrogen) atoms. The van der Waals surface area contributed by atoms with E-state index in [9.17, 15) is 13.2 Å². The highest BCUT2D eigenvalue weighted by Gasteiger charge is 2.00. The molecule has 86 valence electrons. The lowest BCUT2D eigenvalue weighted by molar-refractivity contribution is -0.131. The zero-order valence-corrected chi connectivity index (χ0v) is 8.94. The summed E-state index contributed by atoms with van der Waals surface area (Å²) in [7, 11) is -3.78. The standard InChI is InChI=1S/C9H10N2O4S/c10-16(14,15)11-8-4-1-7(2-5-8)3-6-9(12)13/h1-6,11H,(H,12,13)(H2,10,14,15)/b6-3+. The van der Waals surface area contributed by atoms with Gasteiger partial charge in [-0.15, -0.1) is 0 Å². The van der Waals surface area contributed by atoms with Crippen molar-refractivity contribution >= 4 is 27.9 Å². The molecule has 6 nitrogen and oxygen atoms in total. The smallest absolute Gasteiger partial charge is 0.328 e. The van der Waals surface area contributed by atoms with Crippen molar-refractivity contribution in [2.45, 2.75) is 0 Å². The molecule has 1 rings (SSSR count). The van der Waals surface area contributed by atoms with Crippen LogP contribution >= 0.6 is 0 Å². The molecule has 0 radical (unpaired) electrons. The fraction of sp³-hybridized carbons (Fsp3) is 0. The number of benzene rings is 1. The van der Waals surface area contributed by atoms with Crippen LogP contribution in [-0.4, -0.2) is 19.5 Å². The van der Waals surface area contributed by atoms with E-state index in [1.54, 1.807) is 12.1 Å². The summed E-state index contributed by atoms with van der Waals surface area (Å²) in [6.07, 6.45) is 2.38. The number of nitrogens with two attached hydrogens (primary N) is 1. The van der Waals surface area contributed by atoms with Crippen LogP contribution in [0.1, 0.15) is 5.56 Å². The highest BCUT2D eigenvalue weighted by Crippen LogP contribution is 2.11. The fourth-order valence-corrected chi connectivity index (χ4v) is 1.46. The third-order valence-electron chi connectivity index (χ3n) is 1.59. The molecule has 0 aliphatic heterocycles. The zero-order chi connectivity index (χ0) is 12.2. The first-order valence-corrected chi connectivity index (χ1v) is 5.73. The maximum atomic E-state index is 10.7. The Morgan fingerprint density at radius 2 is 1.88 bits per heavy atom. The lowest BCUT2D eigenvalue weighted by atomic mass is 10.2. The van der Waals surface area contributed by atoms with Crippen LogP contribution in [0.3, 0.4) is 0 Å². The predicted molar refractivity (Wildman–Crippen MR) is 59.8 cm³/mol. The minimum Gasteiger partial charge on any atom is -0.478 e. The van der Waals surface area contributed by atoms with Gasteiger partial charge < -0.3 is 5.11 Å². The Morgan fingerprint density at radius 1 is 1.31 bits per heavy atom. The largest absolute Gasteiger partial charge is 0.478 e. The second-order valence-corrected chi connectivity index (χ2v) is 4.23. The van der Waals surface area contributed by atoms with E-state index >= 15 is 0 Å². The van der Waals surface area contributed by atoms with E-state index in [1.807, 2.05) is 0 Å². The minimum atomic E-state index is -3.78. The Labute approximate surface area is 92.6 Å². The summed E-state index contributed by atoms with van der Waals surface area (Å²) in [4.78, 5) is 10.2. The van der Waals surface area contributed by atoms with Crippen molar-refractivity contribution in [3.05, 3.63) is 35.9 Å². The van der Waals surface area contributed by atoms with Gasteiger partial charge in [0.05, 0.1) is 0 Å². The molecule has 0 saturated carbocycles. The number of carboxylic acid groups (broad SMARTS) is 1. The van der Waals surface area contributed by atoms with Crippen molar-refractivity contribution in [2.75, 3.05) is 4.72 Å². The van der Waals surface area contributed by atoms with Crippen LogP contribution in [0.2, 0.25) is 0 Å². The van der Waals surface area contributed by atoms with Crippen LogP contribution in [0.25, 0.3) is 6.08 Å². The first-order chi connectivity index (χ1) is 7.37. The maximum absolute atomic E-state index is 10.7. The van der Waals surface area contributed by atoms with Crippen molar-refractivity contribution < 1.29 is 18.3 Å². The molecule has 0 aromatic heterocycles. The van der Waals surface area contributed by atoms with E-state index in [0.717, 1.165) is 6.08 Å². The van der Waals surface area contributed by atoms with Gasteiger partial charge in [0.1, 0.15) is 0 Å². The van der Waals surface area contributed by atoms with Gasteiger partial charge in [0.15, 0.2) is 0 Å². The molecule has 0 amide bonds. The zero-order valence-electron chi connectivity index (χ0n) is 8.12. The highest BCUT2D eigenvalue weighted by molar-refractivity contribution is 7.90. The Morgan fingerprint density at radius 3 is 2.31 bits per heavy atom. The minimum absolute atomic E-state index is 0.315. The van der Waals surface area contributed by atoms with Gasteiger partial charge in [0.25, 0.3) is 10.2 Å². The first kappa shape index (κ1) is 12.2. The molecule has 0 spiro atoms. The highest BCUT2D eigenvalue weighted by atomic mass is 32.2. The van der Waals surface area contributed by atoms with Gasteiger partial charge in [0, 0.05) is 11.8 Å². The van der Waals surface area contributed by atoms with Gasteiger partial charge >= 0.3 is 5.97 Å². The Kier molecular flexibility index (Phi) is 3.64. The van der Waals surface area contributed by atoms with E-state index in [1.165, 1.54) is 18.2 Å². The Balaban J connectivity index is 2.79. The molecular weight excluding hydrogens is 232 g/mol.